The monoisotopic (exact) mass is 356 g/mol. The van der Waals surface area contributed by atoms with Gasteiger partial charge in [0, 0.05) is 23.6 Å². The summed E-state index contributed by atoms with van der Waals surface area (Å²) in [5.41, 5.74) is 2.46. The summed E-state index contributed by atoms with van der Waals surface area (Å²) in [4.78, 5) is 2.25. The standard InChI is InChI=1S/C17H29BrN2O/c1-4-6-10-20(11-12-21)17-8-7-15(13-16(17)18)14(3)19-9-5-2/h7-8,13-14,19,21H,4-6,9-12H2,1-3H3. The molecule has 0 saturated heterocycles. The summed E-state index contributed by atoms with van der Waals surface area (Å²) in [5, 5.41) is 12.8. The van der Waals surface area contributed by atoms with E-state index in [1.807, 2.05) is 0 Å². The summed E-state index contributed by atoms with van der Waals surface area (Å²) >= 11 is 3.70. The second-order valence-electron chi connectivity index (χ2n) is 5.45. The van der Waals surface area contributed by atoms with Crippen molar-refractivity contribution in [2.24, 2.45) is 0 Å². The first-order valence-electron chi connectivity index (χ1n) is 8.02. The highest BCUT2D eigenvalue weighted by atomic mass is 79.9. The van der Waals surface area contributed by atoms with E-state index in [1.165, 1.54) is 11.3 Å². The van der Waals surface area contributed by atoms with Crippen LogP contribution in [0.4, 0.5) is 5.69 Å². The first-order chi connectivity index (χ1) is 10.1. The molecular formula is C17H29BrN2O. The van der Waals surface area contributed by atoms with Crippen LogP contribution in [0.5, 0.6) is 0 Å². The molecule has 0 fully saturated rings. The quantitative estimate of drug-likeness (QED) is 0.662. The van der Waals surface area contributed by atoms with Crippen molar-refractivity contribution in [2.45, 2.75) is 46.1 Å². The Kier molecular flexibility index (Phi) is 8.97. The van der Waals surface area contributed by atoms with Gasteiger partial charge in [-0.05, 0) is 59.9 Å². The van der Waals surface area contributed by atoms with Gasteiger partial charge in [-0.1, -0.05) is 26.3 Å². The third-order valence-electron chi connectivity index (χ3n) is 3.66. The number of rotatable bonds is 10. The zero-order valence-electron chi connectivity index (χ0n) is 13.5. The van der Waals surface area contributed by atoms with Crippen LogP contribution in [0.15, 0.2) is 22.7 Å². The predicted octanol–water partition coefficient (Wildman–Crippen LogP) is 4.11. The van der Waals surface area contributed by atoms with Crippen LogP contribution in [0.1, 0.15) is 51.6 Å². The normalized spacial score (nSPS) is 12.4. The zero-order chi connectivity index (χ0) is 15.7. The molecule has 1 unspecified atom stereocenters. The number of benzene rings is 1. The minimum atomic E-state index is 0.187. The Balaban J connectivity index is 2.83. The van der Waals surface area contributed by atoms with E-state index in [4.69, 9.17) is 0 Å². The highest BCUT2D eigenvalue weighted by Crippen LogP contribution is 2.29. The van der Waals surface area contributed by atoms with Gasteiger partial charge in [-0.2, -0.15) is 0 Å². The molecule has 4 heteroatoms. The molecule has 0 aromatic heterocycles. The number of hydrogen-bond acceptors (Lipinski definition) is 3. The van der Waals surface area contributed by atoms with E-state index in [0.717, 1.165) is 36.8 Å². The molecule has 0 heterocycles. The Labute approximate surface area is 137 Å². The van der Waals surface area contributed by atoms with Gasteiger partial charge in [0.1, 0.15) is 0 Å². The van der Waals surface area contributed by atoms with Crippen molar-refractivity contribution in [3.05, 3.63) is 28.2 Å². The van der Waals surface area contributed by atoms with Crippen LogP contribution in [0.3, 0.4) is 0 Å². The second kappa shape index (κ2) is 10.2. The molecule has 1 aromatic carbocycles. The van der Waals surface area contributed by atoms with E-state index in [-0.39, 0.29) is 6.61 Å². The van der Waals surface area contributed by atoms with Crippen molar-refractivity contribution in [2.75, 3.05) is 31.1 Å². The molecular weight excluding hydrogens is 328 g/mol. The van der Waals surface area contributed by atoms with Crippen molar-refractivity contribution in [1.29, 1.82) is 0 Å². The molecule has 0 spiro atoms. The minimum Gasteiger partial charge on any atom is -0.395 e. The lowest BCUT2D eigenvalue weighted by Gasteiger charge is -2.26. The van der Waals surface area contributed by atoms with Crippen molar-refractivity contribution >= 4 is 21.6 Å². The predicted molar refractivity (Wildman–Crippen MR) is 95.1 cm³/mol. The van der Waals surface area contributed by atoms with Gasteiger partial charge in [0.25, 0.3) is 0 Å². The van der Waals surface area contributed by atoms with Crippen molar-refractivity contribution in [1.82, 2.24) is 5.32 Å². The van der Waals surface area contributed by atoms with Crippen LogP contribution in [-0.2, 0) is 0 Å². The molecule has 0 aliphatic heterocycles. The summed E-state index contributed by atoms with van der Waals surface area (Å²) in [6.45, 7) is 9.45. The summed E-state index contributed by atoms with van der Waals surface area (Å²) < 4.78 is 1.11. The van der Waals surface area contributed by atoms with Gasteiger partial charge in [0.05, 0.1) is 12.3 Å². The SMILES string of the molecule is CCCCN(CCO)c1ccc(C(C)NCCC)cc1Br. The maximum atomic E-state index is 9.26. The number of aliphatic hydroxyl groups is 1. The zero-order valence-corrected chi connectivity index (χ0v) is 15.1. The lowest BCUT2D eigenvalue weighted by Crippen LogP contribution is -2.28. The van der Waals surface area contributed by atoms with Crippen LogP contribution in [0.25, 0.3) is 0 Å². The average Bonchev–Trinajstić information content (AvgIpc) is 2.49. The molecule has 1 rings (SSSR count). The fraction of sp³-hybridized carbons (Fsp3) is 0.647. The molecule has 0 amide bonds. The van der Waals surface area contributed by atoms with Gasteiger partial charge in [0.15, 0.2) is 0 Å². The first kappa shape index (κ1) is 18.5. The summed E-state index contributed by atoms with van der Waals surface area (Å²) in [5.74, 6) is 0. The van der Waals surface area contributed by atoms with E-state index in [9.17, 15) is 5.11 Å². The van der Waals surface area contributed by atoms with Gasteiger partial charge >= 0.3 is 0 Å². The van der Waals surface area contributed by atoms with Gasteiger partial charge in [0.2, 0.25) is 0 Å². The molecule has 1 aromatic rings. The van der Waals surface area contributed by atoms with Crippen molar-refractivity contribution < 1.29 is 5.11 Å². The van der Waals surface area contributed by atoms with E-state index in [2.05, 4.69) is 65.1 Å². The molecule has 0 saturated carbocycles. The number of unbranched alkanes of at least 4 members (excludes halogenated alkanes) is 1. The molecule has 120 valence electrons. The van der Waals surface area contributed by atoms with Crippen LogP contribution >= 0.6 is 15.9 Å². The smallest absolute Gasteiger partial charge is 0.0606 e. The summed E-state index contributed by atoms with van der Waals surface area (Å²) in [7, 11) is 0. The number of anilines is 1. The Hall–Kier alpha value is -0.580. The maximum Gasteiger partial charge on any atom is 0.0606 e. The maximum absolute atomic E-state index is 9.26. The van der Waals surface area contributed by atoms with Gasteiger partial charge in [-0.15, -0.1) is 0 Å². The molecule has 0 aliphatic rings. The highest BCUT2D eigenvalue weighted by Gasteiger charge is 2.12. The first-order valence-corrected chi connectivity index (χ1v) is 8.81. The van der Waals surface area contributed by atoms with E-state index in [0.29, 0.717) is 12.6 Å². The molecule has 0 radical (unpaired) electrons. The fourth-order valence-electron chi connectivity index (χ4n) is 2.35. The minimum absolute atomic E-state index is 0.187. The number of aliphatic hydroxyl groups excluding tert-OH is 1. The number of halogens is 1. The molecule has 2 N–H and O–H groups in total. The summed E-state index contributed by atoms with van der Waals surface area (Å²) in [6.07, 6.45) is 3.45. The highest BCUT2D eigenvalue weighted by molar-refractivity contribution is 9.10. The molecule has 3 nitrogen and oxygen atoms in total. The second-order valence-corrected chi connectivity index (χ2v) is 6.31. The van der Waals surface area contributed by atoms with Gasteiger partial charge in [-0.25, -0.2) is 0 Å². The van der Waals surface area contributed by atoms with E-state index in [1.54, 1.807) is 0 Å². The Morgan fingerprint density at radius 1 is 1.24 bits per heavy atom. The number of nitrogens with one attached hydrogen (secondary N) is 1. The lowest BCUT2D eigenvalue weighted by atomic mass is 10.1. The molecule has 0 aliphatic carbocycles. The molecule has 21 heavy (non-hydrogen) atoms. The fourth-order valence-corrected chi connectivity index (χ4v) is 3.00. The van der Waals surface area contributed by atoms with E-state index >= 15 is 0 Å². The van der Waals surface area contributed by atoms with Crippen LogP contribution < -0.4 is 10.2 Å². The third-order valence-corrected chi connectivity index (χ3v) is 4.30. The molecule has 0 bridgehead atoms. The van der Waals surface area contributed by atoms with Gasteiger partial charge < -0.3 is 15.3 Å². The largest absolute Gasteiger partial charge is 0.395 e. The number of hydrogen-bond donors (Lipinski definition) is 2. The Morgan fingerprint density at radius 3 is 2.57 bits per heavy atom. The van der Waals surface area contributed by atoms with E-state index < -0.39 is 0 Å². The molecule has 1 atom stereocenters. The van der Waals surface area contributed by atoms with Crippen molar-refractivity contribution in [3.8, 4) is 0 Å². The van der Waals surface area contributed by atoms with Crippen molar-refractivity contribution in [3.63, 3.8) is 0 Å². The van der Waals surface area contributed by atoms with Crippen LogP contribution in [0.2, 0.25) is 0 Å². The van der Waals surface area contributed by atoms with Crippen LogP contribution in [-0.4, -0.2) is 31.3 Å². The van der Waals surface area contributed by atoms with Gasteiger partial charge in [-0.3, -0.25) is 0 Å². The van der Waals surface area contributed by atoms with Crippen LogP contribution in [0, 0.1) is 0 Å². The Bertz CT molecular complexity index is 412. The lowest BCUT2D eigenvalue weighted by molar-refractivity contribution is 0.301. The third kappa shape index (κ3) is 5.97. The Morgan fingerprint density at radius 2 is 2.00 bits per heavy atom. The topological polar surface area (TPSA) is 35.5 Å². The summed E-state index contributed by atoms with van der Waals surface area (Å²) in [6, 6.07) is 6.90. The average molecular weight is 357 g/mol. The number of nitrogens with zero attached hydrogens (tertiary/aromatic N) is 1.